The number of ether oxygens (including phenoxy) is 3. The lowest BCUT2D eigenvalue weighted by Crippen LogP contribution is -2.24. The van der Waals surface area contributed by atoms with E-state index in [1.165, 1.54) is 11.1 Å². The van der Waals surface area contributed by atoms with E-state index in [1.54, 1.807) is 0 Å². The van der Waals surface area contributed by atoms with E-state index in [9.17, 15) is 10.2 Å². The van der Waals surface area contributed by atoms with Gasteiger partial charge < -0.3 is 24.4 Å². The van der Waals surface area contributed by atoms with Gasteiger partial charge >= 0.3 is 0 Å². The van der Waals surface area contributed by atoms with Crippen LogP contribution in [0.1, 0.15) is 54.2 Å². The van der Waals surface area contributed by atoms with Crippen LogP contribution in [-0.2, 0) is 10.2 Å². The van der Waals surface area contributed by atoms with Crippen molar-refractivity contribution in [3.8, 4) is 23.8 Å². The smallest absolute Gasteiger partial charge is 0.125 e. The van der Waals surface area contributed by atoms with E-state index in [0.717, 1.165) is 33.8 Å². The second-order valence-corrected chi connectivity index (χ2v) is 9.79. The summed E-state index contributed by atoms with van der Waals surface area (Å²) in [6.45, 7) is 15.7. The third-order valence-electron chi connectivity index (χ3n) is 6.10. The van der Waals surface area contributed by atoms with Gasteiger partial charge in [-0.25, -0.2) is 0 Å². The van der Waals surface area contributed by atoms with E-state index >= 15 is 0 Å². The molecule has 2 unspecified atom stereocenters. The lowest BCUT2D eigenvalue weighted by molar-refractivity contribution is 0.0226. The standard InChI is InChI=1S/C29H40O5/c1-9-10-32-17-26(31)18-34-28-22(5)13-25(14-23(28)6)29(7,8)24-11-20(3)27(21(4)12-24)33-16-19(2)15-30/h1,11-14,19,26,30-31H,10,15-18H2,2-8H3. The third kappa shape index (κ3) is 6.99. The van der Waals surface area contributed by atoms with Crippen molar-refractivity contribution in [3.05, 3.63) is 57.6 Å². The first kappa shape index (κ1) is 27.7. The highest BCUT2D eigenvalue weighted by molar-refractivity contribution is 5.52. The number of rotatable bonds is 12. The van der Waals surface area contributed by atoms with Crippen LogP contribution in [0.15, 0.2) is 24.3 Å². The van der Waals surface area contributed by atoms with Gasteiger partial charge in [0.2, 0.25) is 0 Å². The van der Waals surface area contributed by atoms with Gasteiger partial charge in [0.1, 0.15) is 30.8 Å². The zero-order valence-electron chi connectivity index (χ0n) is 21.7. The molecule has 0 aliphatic heterocycles. The maximum atomic E-state index is 10.1. The molecule has 0 saturated heterocycles. The second-order valence-electron chi connectivity index (χ2n) is 9.79. The molecule has 5 heteroatoms. The molecule has 2 aromatic rings. The molecule has 2 atom stereocenters. The maximum Gasteiger partial charge on any atom is 0.125 e. The number of terminal acetylenes is 1. The minimum atomic E-state index is -0.740. The van der Waals surface area contributed by atoms with Crippen molar-refractivity contribution in [2.24, 2.45) is 5.92 Å². The van der Waals surface area contributed by atoms with Gasteiger partial charge in [-0.05, 0) is 61.1 Å². The molecule has 0 aromatic heterocycles. The Labute approximate surface area is 205 Å². The lowest BCUT2D eigenvalue weighted by Gasteiger charge is -2.29. The highest BCUT2D eigenvalue weighted by Gasteiger charge is 2.26. The number of aliphatic hydroxyl groups excluding tert-OH is 2. The number of aliphatic hydroxyl groups is 2. The van der Waals surface area contributed by atoms with E-state index in [2.05, 4.69) is 57.9 Å². The number of benzene rings is 2. The molecular formula is C29H40O5. The molecule has 2 aromatic carbocycles. The Morgan fingerprint density at radius 3 is 1.71 bits per heavy atom. The van der Waals surface area contributed by atoms with Crippen LogP contribution in [0.2, 0.25) is 0 Å². The van der Waals surface area contributed by atoms with Crippen LogP contribution in [0, 0.1) is 46.0 Å². The summed E-state index contributed by atoms with van der Waals surface area (Å²) in [6, 6.07) is 8.68. The topological polar surface area (TPSA) is 68.2 Å². The van der Waals surface area contributed by atoms with Crippen molar-refractivity contribution in [1.82, 2.24) is 0 Å². The van der Waals surface area contributed by atoms with Gasteiger partial charge in [-0.3, -0.25) is 0 Å². The minimum absolute atomic E-state index is 0.0955. The molecular weight excluding hydrogens is 428 g/mol. The first-order valence-electron chi connectivity index (χ1n) is 11.8. The predicted octanol–water partition coefficient (Wildman–Crippen LogP) is 4.64. The minimum Gasteiger partial charge on any atom is -0.493 e. The Kier molecular flexibility index (Phi) is 10.00. The molecule has 5 nitrogen and oxygen atoms in total. The first-order chi connectivity index (χ1) is 16.0. The number of hydrogen-bond donors (Lipinski definition) is 2. The summed E-state index contributed by atoms with van der Waals surface area (Å²) in [6.07, 6.45) is 4.42. The summed E-state index contributed by atoms with van der Waals surface area (Å²) in [5.41, 5.74) is 6.37. The Hall–Kier alpha value is -2.52. The number of aryl methyl sites for hydroxylation is 4. The Bertz CT molecular complexity index is 956. The zero-order valence-corrected chi connectivity index (χ0v) is 21.7. The van der Waals surface area contributed by atoms with Crippen molar-refractivity contribution >= 4 is 0 Å². The van der Waals surface area contributed by atoms with Crippen molar-refractivity contribution in [1.29, 1.82) is 0 Å². The molecule has 0 saturated carbocycles. The lowest BCUT2D eigenvalue weighted by atomic mass is 9.76. The SMILES string of the molecule is C#CCOCC(O)COc1c(C)cc(C(C)(C)c2cc(C)c(OCC(C)CO)c(C)c2)cc1C. The molecule has 2 rings (SSSR count). The third-order valence-corrected chi connectivity index (χ3v) is 6.10. The molecule has 0 aliphatic carbocycles. The summed E-state index contributed by atoms with van der Waals surface area (Å²) in [7, 11) is 0. The number of hydrogen-bond acceptors (Lipinski definition) is 5. The van der Waals surface area contributed by atoms with Crippen LogP contribution in [0.5, 0.6) is 11.5 Å². The highest BCUT2D eigenvalue weighted by Crippen LogP contribution is 2.38. The molecule has 0 amide bonds. The van der Waals surface area contributed by atoms with Gasteiger partial charge in [-0.2, -0.15) is 0 Å². The van der Waals surface area contributed by atoms with Gasteiger partial charge in [-0.1, -0.05) is 51.0 Å². The monoisotopic (exact) mass is 468 g/mol. The maximum absolute atomic E-state index is 10.1. The van der Waals surface area contributed by atoms with Crippen LogP contribution in [0.4, 0.5) is 0 Å². The average molecular weight is 469 g/mol. The molecule has 0 fully saturated rings. The summed E-state index contributed by atoms with van der Waals surface area (Å²) in [5, 5.41) is 19.4. The van der Waals surface area contributed by atoms with Crippen LogP contribution >= 0.6 is 0 Å². The van der Waals surface area contributed by atoms with Gasteiger partial charge in [0.05, 0.1) is 13.2 Å². The van der Waals surface area contributed by atoms with E-state index in [0.29, 0.717) is 6.61 Å². The van der Waals surface area contributed by atoms with E-state index < -0.39 is 6.10 Å². The zero-order chi connectivity index (χ0) is 25.5. The first-order valence-corrected chi connectivity index (χ1v) is 11.8. The van der Waals surface area contributed by atoms with Crippen molar-refractivity contribution in [2.75, 3.05) is 33.0 Å². The molecule has 34 heavy (non-hydrogen) atoms. The molecule has 0 spiro atoms. The molecule has 2 N–H and O–H groups in total. The van der Waals surface area contributed by atoms with Crippen LogP contribution < -0.4 is 9.47 Å². The second kappa shape index (κ2) is 12.3. The molecule has 0 aliphatic rings. The molecule has 0 radical (unpaired) electrons. The Morgan fingerprint density at radius 2 is 1.29 bits per heavy atom. The van der Waals surface area contributed by atoms with E-state index in [4.69, 9.17) is 20.6 Å². The predicted molar refractivity (Wildman–Crippen MR) is 137 cm³/mol. The summed E-state index contributed by atoms with van der Waals surface area (Å²) in [4.78, 5) is 0. The fourth-order valence-electron chi connectivity index (χ4n) is 4.00. The van der Waals surface area contributed by atoms with Gasteiger partial charge in [0.25, 0.3) is 0 Å². The molecule has 0 heterocycles. The van der Waals surface area contributed by atoms with E-state index in [-0.39, 0.29) is 37.8 Å². The van der Waals surface area contributed by atoms with Gasteiger partial charge in [0.15, 0.2) is 0 Å². The van der Waals surface area contributed by atoms with Crippen LogP contribution in [-0.4, -0.2) is 49.4 Å². The van der Waals surface area contributed by atoms with Crippen molar-refractivity contribution in [3.63, 3.8) is 0 Å². The van der Waals surface area contributed by atoms with E-state index in [1.807, 2.05) is 20.8 Å². The fourth-order valence-corrected chi connectivity index (χ4v) is 4.00. The molecule has 186 valence electrons. The Morgan fingerprint density at radius 1 is 0.853 bits per heavy atom. The average Bonchev–Trinajstić information content (AvgIpc) is 2.77. The quantitative estimate of drug-likeness (QED) is 0.351. The summed E-state index contributed by atoms with van der Waals surface area (Å²) in [5.74, 6) is 4.15. The van der Waals surface area contributed by atoms with Crippen LogP contribution in [0.25, 0.3) is 0 Å². The van der Waals surface area contributed by atoms with Crippen molar-refractivity contribution in [2.45, 2.75) is 60.0 Å². The largest absolute Gasteiger partial charge is 0.493 e. The van der Waals surface area contributed by atoms with Crippen molar-refractivity contribution < 1.29 is 24.4 Å². The normalized spacial score (nSPS) is 13.3. The highest BCUT2D eigenvalue weighted by atomic mass is 16.5. The Balaban J connectivity index is 2.24. The summed E-state index contributed by atoms with van der Waals surface area (Å²) >= 11 is 0. The van der Waals surface area contributed by atoms with Crippen LogP contribution in [0.3, 0.4) is 0 Å². The fraction of sp³-hybridized carbons (Fsp3) is 0.517. The molecule has 0 bridgehead atoms. The van der Waals surface area contributed by atoms with Gasteiger partial charge in [-0.15, -0.1) is 6.42 Å². The summed E-state index contributed by atoms with van der Waals surface area (Å²) < 4.78 is 17.1. The van der Waals surface area contributed by atoms with Gasteiger partial charge in [0, 0.05) is 17.9 Å².